The van der Waals surface area contributed by atoms with Gasteiger partial charge in [0.05, 0.1) is 24.3 Å². The molecule has 4 nitrogen and oxygen atoms in total. The predicted octanol–water partition coefficient (Wildman–Crippen LogP) is 14.9. The Hall–Kier alpha value is -7.70. The first kappa shape index (κ1) is 43.0. The van der Waals surface area contributed by atoms with E-state index in [1.807, 2.05) is 6.92 Å². The SMILES string of the molecule is C#COc1ccc(-c2c3ccc(OC#C)cc3c(-c3ccc(C(F)(F)F)cc3F)c3c(-c4ccc(OCC)cc4)c4ccc(OCC)cc4c(-c4ccc(C(F)(F)F)cc4F)c23)cc1. The van der Waals surface area contributed by atoms with E-state index in [0.717, 1.165) is 24.3 Å². The fourth-order valence-corrected chi connectivity index (χ4v) is 8.16. The Morgan fingerprint density at radius 1 is 0.438 bits per heavy atom. The smallest absolute Gasteiger partial charge is 0.416 e. The summed E-state index contributed by atoms with van der Waals surface area (Å²) < 4.78 is 141. The van der Waals surface area contributed by atoms with Crippen LogP contribution in [0.25, 0.3) is 76.8 Å². The number of fused-ring (bicyclic) bond motifs is 3. The average molecular weight is 873 g/mol. The highest BCUT2D eigenvalue weighted by molar-refractivity contribution is 6.34. The molecular formula is C52H32F8O4. The van der Waals surface area contributed by atoms with Gasteiger partial charge in [-0.15, -0.1) is 0 Å². The van der Waals surface area contributed by atoms with E-state index in [2.05, 4.69) is 12.2 Å². The Labute approximate surface area is 361 Å². The highest BCUT2D eigenvalue weighted by atomic mass is 19.4. The van der Waals surface area contributed by atoms with Crippen LogP contribution in [-0.4, -0.2) is 13.2 Å². The fourth-order valence-electron chi connectivity index (χ4n) is 8.16. The second-order valence-corrected chi connectivity index (χ2v) is 14.4. The summed E-state index contributed by atoms with van der Waals surface area (Å²) in [6.45, 7) is 4.13. The van der Waals surface area contributed by atoms with Gasteiger partial charge in [0, 0.05) is 22.3 Å². The van der Waals surface area contributed by atoms with Gasteiger partial charge < -0.3 is 18.9 Å². The maximum atomic E-state index is 16.9. The first-order valence-corrected chi connectivity index (χ1v) is 19.7. The second kappa shape index (κ2) is 16.9. The molecule has 8 aromatic rings. The number of ether oxygens (including phenoxy) is 4. The lowest BCUT2D eigenvalue weighted by atomic mass is 9.77. The first-order chi connectivity index (χ1) is 30.7. The third-order valence-corrected chi connectivity index (χ3v) is 10.7. The first-order valence-electron chi connectivity index (χ1n) is 19.7. The molecule has 0 aliphatic carbocycles. The summed E-state index contributed by atoms with van der Waals surface area (Å²) in [7, 11) is 0. The monoisotopic (exact) mass is 872 g/mol. The molecule has 0 unspecified atom stereocenters. The number of alkyl halides is 6. The topological polar surface area (TPSA) is 36.9 Å². The van der Waals surface area contributed by atoms with E-state index in [1.165, 1.54) is 12.1 Å². The zero-order chi connectivity index (χ0) is 45.5. The van der Waals surface area contributed by atoms with Gasteiger partial charge in [-0.05, 0) is 147 Å². The molecule has 0 aliphatic rings. The van der Waals surface area contributed by atoms with Crippen molar-refractivity contribution >= 4 is 32.3 Å². The third-order valence-electron chi connectivity index (χ3n) is 10.7. The van der Waals surface area contributed by atoms with Crippen LogP contribution in [0.15, 0.2) is 121 Å². The predicted molar refractivity (Wildman–Crippen MR) is 232 cm³/mol. The number of halogens is 8. The summed E-state index contributed by atoms with van der Waals surface area (Å²) in [6.07, 6.45) is 5.39. The van der Waals surface area contributed by atoms with E-state index in [1.54, 1.807) is 79.7 Å². The lowest BCUT2D eigenvalue weighted by molar-refractivity contribution is -0.138. The molecule has 0 aliphatic heterocycles. The van der Waals surface area contributed by atoms with Crippen LogP contribution in [0.1, 0.15) is 25.0 Å². The van der Waals surface area contributed by atoms with Crippen LogP contribution in [0.2, 0.25) is 0 Å². The number of hydrogen-bond donors (Lipinski definition) is 0. The number of benzene rings is 8. The van der Waals surface area contributed by atoms with Crippen LogP contribution >= 0.6 is 0 Å². The van der Waals surface area contributed by atoms with Gasteiger partial charge in [-0.2, -0.15) is 26.3 Å². The molecular weight excluding hydrogens is 841 g/mol. The minimum atomic E-state index is -4.91. The van der Waals surface area contributed by atoms with Gasteiger partial charge in [0.1, 0.15) is 46.8 Å². The fraction of sp³-hybridized carbons (Fsp3) is 0.115. The molecule has 0 spiro atoms. The van der Waals surface area contributed by atoms with E-state index < -0.39 is 35.1 Å². The van der Waals surface area contributed by atoms with Crippen LogP contribution in [-0.2, 0) is 12.4 Å². The Kier molecular flexibility index (Phi) is 11.3. The van der Waals surface area contributed by atoms with Crippen molar-refractivity contribution in [3.63, 3.8) is 0 Å². The molecule has 0 saturated carbocycles. The number of terminal acetylenes is 2. The zero-order valence-electron chi connectivity index (χ0n) is 33.8. The van der Waals surface area contributed by atoms with Gasteiger partial charge in [-0.1, -0.05) is 55.3 Å². The summed E-state index contributed by atoms with van der Waals surface area (Å²) >= 11 is 0. The van der Waals surface area contributed by atoms with Crippen LogP contribution in [0.4, 0.5) is 35.1 Å². The maximum Gasteiger partial charge on any atom is 0.416 e. The largest absolute Gasteiger partial charge is 0.494 e. The molecule has 0 saturated heterocycles. The van der Waals surface area contributed by atoms with Crippen molar-refractivity contribution in [3.8, 4) is 92.6 Å². The van der Waals surface area contributed by atoms with Crippen LogP contribution in [0, 0.1) is 36.7 Å². The third kappa shape index (κ3) is 7.84. The standard InChI is InChI=1S/C52H32F8O4/c1-5-61-33-15-9-29(10-16-33)45-37-23-19-35(63-7-3)27-41(37)48(40-22-14-32(26-44(40)54)52(58,59)60)50-46(30-11-17-34(18-12-30)62-6-2)38-24-20-36(64-8-4)28-42(38)47(49(45)50)39-21-13-31(25-43(39)53)51(55,56)57/h1,3,9-28H,6,8H2,2,4H3. The molecule has 0 aromatic heterocycles. The van der Waals surface area contributed by atoms with Crippen LogP contribution in [0.3, 0.4) is 0 Å². The van der Waals surface area contributed by atoms with Crippen molar-refractivity contribution in [3.05, 3.63) is 144 Å². The van der Waals surface area contributed by atoms with Gasteiger partial charge in [-0.3, -0.25) is 0 Å². The molecule has 12 heteroatoms. The molecule has 320 valence electrons. The van der Waals surface area contributed by atoms with Gasteiger partial charge in [0.25, 0.3) is 0 Å². The number of hydrogen-bond acceptors (Lipinski definition) is 4. The van der Waals surface area contributed by atoms with Crippen molar-refractivity contribution < 1.29 is 54.1 Å². The van der Waals surface area contributed by atoms with Gasteiger partial charge in [0.15, 0.2) is 0 Å². The maximum absolute atomic E-state index is 16.9. The molecule has 8 rings (SSSR count). The van der Waals surface area contributed by atoms with Gasteiger partial charge in [0.2, 0.25) is 0 Å². The summed E-state index contributed by atoms with van der Waals surface area (Å²) in [4.78, 5) is 0. The average Bonchev–Trinajstić information content (AvgIpc) is 3.26. The van der Waals surface area contributed by atoms with Crippen molar-refractivity contribution in [2.45, 2.75) is 26.2 Å². The molecule has 8 aromatic carbocycles. The van der Waals surface area contributed by atoms with E-state index in [9.17, 15) is 26.3 Å². The Morgan fingerprint density at radius 3 is 1.25 bits per heavy atom. The second-order valence-electron chi connectivity index (χ2n) is 14.4. The summed E-state index contributed by atoms with van der Waals surface area (Å²) in [6, 6.07) is 27.3. The number of rotatable bonds is 10. The van der Waals surface area contributed by atoms with Gasteiger partial charge in [-0.25, -0.2) is 8.78 Å². The minimum absolute atomic E-state index is 0.0444. The molecule has 64 heavy (non-hydrogen) atoms. The van der Waals surface area contributed by atoms with Crippen molar-refractivity contribution in [2.24, 2.45) is 0 Å². The molecule has 0 N–H and O–H groups in total. The van der Waals surface area contributed by atoms with E-state index >= 15 is 8.78 Å². The quantitative estimate of drug-likeness (QED) is 0.0779. The van der Waals surface area contributed by atoms with E-state index in [-0.39, 0.29) is 56.5 Å². The lowest BCUT2D eigenvalue weighted by Gasteiger charge is -2.26. The lowest BCUT2D eigenvalue weighted by Crippen LogP contribution is -2.06. The van der Waals surface area contributed by atoms with E-state index in [4.69, 9.17) is 31.8 Å². The van der Waals surface area contributed by atoms with Crippen molar-refractivity contribution in [1.82, 2.24) is 0 Å². The van der Waals surface area contributed by atoms with Crippen molar-refractivity contribution in [1.29, 1.82) is 0 Å². The molecule has 0 atom stereocenters. The molecule has 0 radical (unpaired) electrons. The molecule has 0 heterocycles. The highest BCUT2D eigenvalue weighted by Gasteiger charge is 2.34. The minimum Gasteiger partial charge on any atom is -0.494 e. The molecule has 0 bridgehead atoms. The van der Waals surface area contributed by atoms with Crippen LogP contribution in [0.5, 0.6) is 23.0 Å². The Bertz CT molecular complexity index is 3190. The summed E-state index contributed by atoms with van der Waals surface area (Å²) in [5.41, 5.74) is -1.20. The Balaban J connectivity index is 1.73. The van der Waals surface area contributed by atoms with E-state index in [0.29, 0.717) is 68.7 Å². The highest BCUT2D eigenvalue weighted by Crippen LogP contribution is 2.55. The van der Waals surface area contributed by atoms with Crippen LogP contribution < -0.4 is 18.9 Å². The van der Waals surface area contributed by atoms with Crippen molar-refractivity contribution in [2.75, 3.05) is 13.2 Å². The molecule has 0 amide bonds. The van der Waals surface area contributed by atoms with Gasteiger partial charge >= 0.3 is 12.4 Å². The summed E-state index contributed by atoms with van der Waals surface area (Å²) in [5, 5.41) is 1.71. The Morgan fingerprint density at radius 2 is 0.828 bits per heavy atom. The molecule has 0 fully saturated rings. The zero-order valence-corrected chi connectivity index (χ0v) is 33.8. The normalized spacial score (nSPS) is 11.7. The summed E-state index contributed by atoms with van der Waals surface area (Å²) in [5.74, 6) is -1.25.